The fourth-order valence-electron chi connectivity index (χ4n) is 2.75. The number of para-hydroxylation sites is 1. The van der Waals surface area contributed by atoms with Crippen molar-refractivity contribution in [2.24, 2.45) is 0 Å². The van der Waals surface area contributed by atoms with Crippen LogP contribution in [0.3, 0.4) is 0 Å². The number of anilines is 1. The largest absolute Gasteiger partial charge is 0.459 e. The number of pyridine rings is 1. The third-order valence-corrected chi connectivity index (χ3v) is 3.89. The zero-order valence-corrected chi connectivity index (χ0v) is 12.7. The number of hydrogen-bond donors (Lipinski definition) is 1. The maximum absolute atomic E-state index is 6.08. The molecule has 108 valence electrons. The van der Waals surface area contributed by atoms with Crippen molar-refractivity contribution in [2.45, 2.75) is 33.2 Å². The second-order valence-electron chi connectivity index (χ2n) is 5.35. The molecule has 0 amide bonds. The Morgan fingerprint density at radius 2 is 2.05 bits per heavy atom. The zero-order chi connectivity index (χ0) is 14.8. The Labute approximate surface area is 125 Å². The van der Waals surface area contributed by atoms with E-state index in [1.165, 1.54) is 16.5 Å². The second-order valence-corrected chi connectivity index (χ2v) is 5.35. The smallest absolute Gasteiger partial charge is 0.134 e. The lowest BCUT2D eigenvalue weighted by Crippen LogP contribution is -2.08. The summed E-state index contributed by atoms with van der Waals surface area (Å²) >= 11 is 0. The number of aryl methyl sites for hydroxylation is 2. The molecular weight excluding hydrogens is 260 g/mol. The van der Waals surface area contributed by atoms with Gasteiger partial charge in [-0.25, -0.2) is 0 Å². The summed E-state index contributed by atoms with van der Waals surface area (Å²) < 4.78 is 6.08. The summed E-state index contributed by atoms with van der Waals surface area (Å²) in [6, 6.07) is 10.3. The van der Waals surface area contributed by atoms with Gasteiger partial charge in [-0.2, -0.15) is 0 Å². The molecule has 21 heavy (non-hydrogen) atoms. The van der Waals surface area contributed by atoms with E-state index in [4.69, 9.17) is 4.42 Å². The number of fused-ring (bicyclic) bond motifs is 1. The van der Waals surface area contributed by atoms with Gasteiger partial charge in [0.2, 0.25) is 0 Å². The van der Waals surface area contributed by atoms with E-state index in [9.17, 15) is 0 Å². The predicted octanol–water partition coefficient (Wildman–Crippen LogP) is 4.87. The van der Waals surface area contributed by atoms with Crippen molar-refractivity contribution in [3.05, 3.63) is 59.6 Å². The summed E-state index contributed by atoms with van der Waals surface area (Å²) in [6.07, 6.45) is 4.63. The molecule has 0 spiro atoms. The topological polar surface area (TPSA) is 38.1 Å². The summed E-state index contributed by atoms with van der Waals surface area (Å²) in [5.74, 6) is 1.02. The molecule has 0 saturated heterocycles. The molecule has 0 aliphatic carbocycles. The Balaban J connectivity index is 1.98. The van der Waals surface area contributed by atoms with Gasteiger partial charge in [-0.15, -0.1) is 0 Å². The van der Waals surface area contributed by atoms with Crippen LogP contribution in [0.1, 0.15) is 36.8 Å². The summed E-state index contributed by atoms with van der Waals surface area (Å²) in [5, 5.41) is 4.72. The Hall–Kier alpha value is -2.29. The van der Waals surface area contributed by atoms with Crippen molar-refractivity contribution in [1.29, 1.82) is 0 Å². The lowest BCUT2D eigenvalue weighted by atomic mass is 10.0. The van der Waals surface area contributed by atoms with Crippen LogP contribution in [0.25, 0.3) is 11.0 Å². The Bertz CT molecular complexity index is 761. The first-order valence-electron chi connectivity index (χ1n) is 7.38. The van der Waals surface area contributed by atoms with Crippen LogP contribution >= 0.6 is 0 Å². The molecule has 0 aliphatic rings. The molecule has 3 aromatic rings. The van der Waals surface area contributed by atoms with Crippen LogP contribution in [0.15, 0.2) is 47.1 Å². The van der Waals surface area contributed by atoms with Gasteiger partial charge < -0.3 is 9.73 Å². The highest BCUT2D eigenvalue weighted by Crippen LogP contribution is 2.32. The van der Waals surface area contributed by atoms with Gasteiger partial charge in [0.1, 0.15) is 11.3 Å². The molecule has 1 unspecified atom stereocenters. The summed E-state index contributed by atoms with van der Waals surface area (Å²) in [6.45, 7) is 6.38. The van der Waals surface area contributed by atoms with Crippen molar-refractivity contribution in [2.75, 3.05) is 5.32 Å². The molecular formula is C18H20N2O. The number of rotatable bonds is 4. The van der Waals surface area contributed by atoms with Crippen molar-refractivity contribution < 1.29 is 4.42 Å². The SMILES string of the molecule is CCc1c(C(C)Nc2cnccc2C)oc2ccccc12. The second kappa shape index (κ2) is 5.60. The van der Waals surface area contributed by atoms with E-state index in [0.717, 1.165) is 23.5 Å². The summed E-state index contributed by atoms with van der Waals surface area (Å²) in [5.41, 5.74) is 4.48. The Morgan fingerprint density at radius 3 is 2.81 bits per heavy atom. The quantitative estimate of drug-likeness (QED) is 0.740. The normalized spacial score (nSPS) is 12.5. The molecule has 0 radical (unpaired) electrons. The summed E-state index contributed by atoms with van der Waals surface area (Å²) in [7, 11) is 0. The fourth-order valence-corrected chi connectivity index (χ4v) is 2.75. The molecule has 0 fully saturated rings. The van der Waals surface area contributed by atoms with E-state index in [2.05, 4.69) is 43.2 Å². The molecule has 3 heteroatoms. The van der Waals surface area contributed by atoms with Crippen molar-refractivity contribution in [3.63, 3.8) is 0 Å². The first-order valence-corrected chi connectivity index (χ1v) is 7.38. The van der Waals surface area contributed by atoms with Gasteiger partial charge in [0.05, 0.1) is 17.9 Å². The van der Waals surface area contributed by atoms with Gasteiger partial charge in [0.15, 0.2) is 0 Å². The Kier molecular flexibility index (Phi) is 3.65. The van der Waals surface area contributed by atoms with Gasteiger partial charge in [0, 0.05) is 17.1 Å². The van der Waals surface area contributed by atoms with E-state index >= 15 is 0 Å². The predicted molar refractivity (Wildman–Crippen MR) is 86.6 cm³/mol. The average molecular weight is 280 g/mol. The fraction of sp³-hybridized carbons (Fsp3) is 0.278. The van der Waals surface area contributed by atoms with Crippen molar-refractivity contribution in [3.8, 4) is 0 Å². The van der Waals surface area contributed by atoms with Gasteiger partial charge in [-0.1, -0.05) is 25.1 Å². The van der Waals surface area contributed by atoms with Crippen LogP contribution < -0.4 is 5.32 Å². The van der Waals surface area contributed by atoms with Crippen LogP contribution in [0.5, 0.6) is 0 Å². The molecule has 2 heterocycles. The molecule has 3 nitrogen and oxygen atoms in total. The first-order chi connectivity index (χ1) is 10.2. The number of nitrogens with one attached hydrogen (secondary N) is 1. The van der Waals surface area contributed by atoms with Gasteiger partial charge in [-0.05, 0) is 38.0 Å². The van der Waals surface area contributed by atoms with Crippen LogP contribution in [0.2, 0.25) is 0 Å². The van der Waals surface area contributed by atoms with Crippen molar-refractivity contribution in [1.82, 2.24) is 4.98 Å². The van der Waals surface area contributed by atoms with Crippen LogP contribution in [-0.4, -0.2) is 4.98 Å². The molecule has 0 aliphatic heterocycles. The first kappa shape index (κ1) is 13.7. The number of benzene rings is 1. The minimum Gasteiger partial charge on any atom is -0.459 e. The minimum atomic E-state index is 0.107. The third kappa shape index (κ3) is 2.51. The molecule has 3 rings (SSSR count). The highest BCUT2D eigenvalue weighted by atomic mass is 16.3. The van der Waals surface area contributed by atoms with E-state index in [-0.39, 0.29) is 6.04 Å². The maximum atomic E-state index is 6.08. The van der Waals surface area contributed by atoms with Gasteiger partial charge in [0.25, 0.3) is 0 Å². The molecule has 1 N–H and O–H groups in total. The number of furan rings is 1. The molecule has 0 saturated carbocycles. The maximum Gasteiger partial charge on any atom is 0.134 e. The van der Waals surface area contributed by atoms with Crippen LogP contribution in [0, 0.1) is 6.92 Å². The zero-order valence-electron chi connectivity index (χ0n) is 12.7. The lowest BCUT2D eigenvalue weighted by Gasteiger charge is -2.16. The standard InChI is InChI=1S/C18H20N2O/c1-4-14-15-7-5-6-8-17(15)21-18(14)13(3)20-16-11-19-10-9-12(16)2/h5-11,13,20H,4H2,1-3H3. The molecule has 2 aromatic heterocycles. The van der Waals surface area contributed by atoms with Gasteiger partial charge in [-0.3, -0.25) is 4.98 Å². The molecule has 0 bridgehead atoms. The third-order valence-electron chi connectivity index (χ3n) is 3.89. The van der Waals surface area contributed by atoms with E-state index < -0.39 is 0 Å². The monoisotopic (exact) mass is 280 g/mol. The highest BCUT2D eigenvalue weighted by Gasteiger charge is 2.18. The molecule has 1 atom stereocenters. The van der Waals surface area contributed by atoms with Crippen LogP contribution in [0.4, 0.5) is 5.69 Å². The number of aromatic nitrogens is 1. The number of hydrogen-bond acceptors (Lipinski definition) is 3. The van der Waals surface area contributed by atoms with E-state index in [1.54, 1.807) is 0 Å². The lowest BCUT2D eigenvalue weighted by molar-refractivity contribution is 0.520. The van der Waals surface area contributed by atoms with E-state index in [1.807, 2.05) is 30.6 Å². The van der Waals surface area contributed by atoms with Gasteiger partial charge >= 0.3 is 0 Å². The van der Waals surface area contributed by atoms with E-state index in [0.29, 0.717) is 0 Å². The minimum absolute atomic E-state index is 0.107. The molecule has 1 aromatic carbocycles. The van der Waals surface area contributed by atoms with Crippen molar-refractivity contribution >= 4 is 16.7 Å². The van der Waals surface area contributed by atoms with Crippen LogP contribution in [-0.2, 0) is 6.42 Å². The highest BCUT2D eigenvalue weighted by molar-refractivity contribution is 5.82. The average Bonchev–Trinajstić information content (AvgIpc) is 2.88. The summed E-state index contributed by atoms with van der Waals surface area (Å²) in [4.78, 5) is 4.18. The Morgan fingerprint density at radius 1 is 1.24 bits per heavy atom. The number of nitrogens with zero attached hydrogens (tertiary/aromatic N) is 1.